The molecule has 1 saturated carbocycles. The molecule has 1 aliphatic heterocycles. The van der Waals surface area contributed by atoms with E-state index in [1.165, 1.54) is 23.5 Å². The van der Waals surface area contributed by atoms with Gasteiger partial charge in [0.2, 0.25) is 21.8 Å². The van der Waals surface area contributed by atoms with Crippen LogP contribution in [0.25, 0.3) is 0 Å². The SMILES string of the molecule is COc1ccc(S(=O)(=O)N2CCC(C(=O)NCC(=O)NC3CC3)CC2)cc1. The molecule has 0 radical (unpaired) electrons. The highest BCUT2D eigenvalue weighted by molar-refractivity contribution is 7.89. The fraction of sp³-hybridized carbons (Fsp3) is 0.556. The molecule has 1 saturated heterocycles. The average molecular weight is 395 g/mol. The topological polar surface area (TPSA) is 105 Å². The van der Waals surface area contributed by atoms with E-state index in [4.69, 9.17) is 4.74 Å². The molecule has 3 rings (SSSR count). The highest BCUT2D eigenvalue weighted by Gasteiger charge is 2.32. The van der Waals surface area contributed by atoms with Crippen LogP contribution < -0.4 is 15.4 Å². The first-order valence-electron chi connectivity index (χ1n) is 9.11. The van der Waals surface area contributed by atoms with Gasteiger partial charge in [-0.05, 0) is 49.9 Å². The van der Waals surface area contributed by atoms with Gasteiger partial charge < -0.3 is 15.4 Å². The van der Waals surface area contributed by atoms with Crippen LogP contribution in [0.2, 0.25) is 0 Å². The van der Waals surface area contributed by atoms with Crippen molar-refractivity contribution in [2.45, 2.75) is 36.6 Å². The van der Waals surface area contributed by atoms with E-state index in [-0.39, 0.29) is 48.3 Å². The van der Waals surface area contributed by atoms with Crippen molar-refractivity contribution in [3.63, 3.8) is 0 Å². The van der Waals surface area contributed by atoms with Crippen LogP contribution in [0.4, 0.5) is 0 Å². The minimum absolute atomic E-state index is 0.0281. The molecule has 1 aliphatic carbocycles. The van der Waals surface area contributed by atoms with Gasteiger partial charge in [0.15, 0.2) is 0 Å². The lowest BCUT2D eigenvalue weighted by molar-refractivity contribution is -0.129. The van der Waals surface area contributed by atoms with E-state index < -0.39 is 10.0 Å². The third-order valence-electron chi connectivity index (χ3n) is 4.89. The molecule has 1 heterocycles. The Morgan fingerprint density at radius 3 is 2.30 bits per heavy atom. The van der Waals surface area contributed by atoms with Gasteiger partial charge >= 0.3 is 0 Å². The average Bonchev–Trinajstić information content (AvgIpc) is 3.50. The van der Waals surface area contributed by atoms with Crippen LogP contribution in [0, 0.1) is 5.92 Å². The summed E-state index contributed by atoms with van der Waals surface area (Å²) in [6.07, 6.45) is 2.87. The van der Waals surface area contributed by atoms with Crippen molar-refractivity contribution in [2.24, 2.45) is 5.92 Å². The maximum atomic E-state index is 12.7. The first-order valence-corrected chi connectivity index (χ1v) is 10.6. The standard InChI is InChI=1S/C18H25N3O5S/c1-26-15-4-6-16(7-5-15)27(24,25)21-10-8-13(9-11-21)18(23)19-12-17(22)20-14-2-3-14/h4-7,13-14H,2-3,8-12H2,1H3,(H,19,23)(H,20,22). The molecule has 8 nitrogen and oxygen atoms in total. The van der Waals surface area contributed by atoms with E-state index in [0.717, 1.165) is 12.8 Å². The number of carbonyl (C=O) groups excluding carboxylic acids is 2. The second kappa shape index (κ2) is 8.26. The van der Waals surface area contributed by atoms with Crippen molar-refractivity contribution in [2.75, 3.05) is 26.7 Å². The van der Waals surface area contributed by atoms with Crippen LogP contribution in [0.3, 0.4) is 0 Å². The molecular weight excluding hydrogens is 370 g/mol. The van der Waals surface area contributed by atoms with Crippen molar-refractivity contribution in [3.05, 3.63) is 24.3 Å². The van der Waals surface area contributed by atoms with Gasteiger partial charge in [-0.15, -0.1) is 0 Å². The molecular formula is C18H25N3O5S. The number of carbonyl (C=O) groups is 2. The lowest BCUT2D eigenvalue weighted by Crippen LogP contribution is -2.45. The van der Waals surface area contributed by atoms with Crippen molar-refractivity contribution < 1.29 is 22.7 Å². The number of amides is 2. The normalized spacial score (nSPS) is 18.7. The first-order chi connectivity index (χ1) is 12.9. The monoisotopic (exact) mass is 395 g/mol. The van der Waals surface area contributed by atoms with E-state index in [1.54, 1.807) is 12.1 Å². The van der Waals surface area contributed by atoms with Gasteiger partial charge in [0, 0.05) is 25.0 Å². The quantitative estimate of drug-likeness (QED) is 0.699. The van der Waals surface area contributed by atoms with Gasteiger partial charge in [0.1, 0.15) is 5.75 Å². The lowest BCUT2D eigenvalue weighted by atomic mass is 9.97. The highest BCUT2D eigenvalue weighted by Crippen LogP contribution is 2.25. The molecule has 0 atom stereocenters. The zero-order chi connectivity index (χ0) is 19.4. The minimum atomic E-state index is -3.59. The van der Waals surface area contributed by atoms with Crippen LogP contribution in [-0.4, -0.2) is 57.3 Å². The summed E-state index contributed by atoms with van der Waals surface area (Å²) in [5, 5.41) is 5.47. The van der Waals surface area contributed by atoms with Crippen LogP contribution >= 0.6 is 0 Å². The zero-order valence-corrected chi connectivity index (χ0v) is 16.1. The Hall–Kier alpha value is -2.13. The van der Waals surface area contributed by atoms with E-state index in [2.05, 4.69) is 10.6 Å². The van der Waals surface area contributed by atoms with Crippen LogP contribution in [0.1, 0.15) is 25.7 Å². The fourth-order valence-electron chi connectivity index (χ4n) is 3.07. The number of hydrogen-bond donors (Lipinski definition) is 2. The number of methoxy groups -OCH3 is 1. The second-order valence-corrected chi connectivity index (χ2v) is 8.85. The summed E-state index contributed by atoms with van der Waals surface area (Å²) in [5.74, 6) is -0.0519. The van der Waals surface area contributed by atoms with Crippen molar-refractivity contribution >= 4 is 21.8 Å². The summed E-state index contributed by atoms with van der Waals surface area (Å²) in [6, 6.07) is 6.52. The van der Waals surface area contributed by atoms with Gasteiger partial charge in [-0.2, -0.15) is 4.31 Å². The fourth-order valence-corrected chi connectivity index (χ4v) is 4.54. The molecule has 1 aromatic carbocycles. The third kappa shape index (κ3) is 4.98. The maximum absolute atomic E-state index is 12.7. The number of hydrogen-bond acceptors (Lipinski definition) is 5. The van der Waals surface area contributed by atoms with Gasteiger partial charge in [-0.1, -0.05) is 0 Å². The Labute approximate surface area is 159 Å². The second-order valence-electron chi connectivity index (χ2n) is 6.91. The molecule has 2 N–H and O–H groups in total. The van der Waals surface area contributed by atoms with Crippen LogP contribution in [0.5, 0.6) is 5.75 Å². The van der Waals surface area contributed by atoms with E-state index in [9.17, 15) is 18.0 Å². The molecule has 2 aliphatic rings. The molecule has 2 fully saturated rings. The van der Waals surface area contributed by atoms with E-state index in [1.807, 2.05) is 0 Å². The summed E-state index contributed by atoms with van der Waals surface area (Å²) < 4.78 is 31.9. The van der Waals surface area contributed by atoms with Crippen molar-refractivity contribution in [3.8, 4) is 5.75 Å². The van der Waals surface area contributed by atoms with Gasteiger partial charge in [0.25, 0.3) is 0 Å². The molecule has 2 amide bonds. The van der Waals surface area contributed by atoms with Crippen LogP contribution in [-0.2, 0) is 19.6 Å². The molecule has 0 bridgehead atoms. The number of nitrogens with one attached hydrogen (secondary N) is 2. The predicted molar refractivity (Wildman–Crippen MR) is 98.7 cm³/mol. The molecule has 0 aromatic heterocycles. The molecule has 0 unspecified atom stereocenters. The predicted octanol–water partition coefficient (Wildman–Crippen LogP) is 0.491. The molecule has 148 valence electrons. The van der Waals surface area contributed by atoms with Gasteiger partial charge in [-0.3, -0.25) is 9.59 Å². The Morgan fingerprint density at radius 1 is 1.11 bits per heavy atom. The third-order valence-corrected chi connectivity index (χ3v) is 6.80. The number of nitrogens with zero attached hydrogens (tertiary/aromatic N) is 1. The number of piperidine rings is 1. The largest absolute Gasteiger partial charge is 0.497 e. The number of benzene rings is 1. The summed E-state index contributed by atoms with van der Waals surface area (Å²) >= 11 is 0. The Kier molecular flexibility index (Phi) is 6.01. The number of ether oxygens (including phenoxy) is 1. The Morgan fingerprint density at radius 2 is 1.74 bits per heavy atom. The minimum Gasteiger partial charge on any atom is -0.497 e. The molecule has 27 heavy (non-hydrogen) atoms. The summed E-state index contributed by atoms with van der Waals surface area (Å²) in [7, 11) is -2.06. The van der Waals surface area contributed by atoms with E-state index in [0.29, 0.717) is 18.6 Å². The highest BCUT2D eigenvalue weighted by atomic mass is 32.2. The van der Waals surface area contributed by atoms with Crippen LogP contribution in [0.15, 0.2) is 29.2 Å². The number of rotatable bonds is 7. The summed E-state index contributed by atoms with van der Waals surface area (Å²) in [4.78, 5) is 24.1. The van der Waals surface area contributed by atoms with Gasteiger partial charge in [0.05, 0.1) is 18.6 Å². The first kappa shape index (κ1) is 19.6. The molecule has 0 spiro atoms. The number of sulfonamides is 1. The maximum Gasteiger partial charge on any atom is 0.243 e. The zero-order valence-electron chi connectivity index (χ0n) is 15.3. The smallest absolute Gasteiger partial charge is 0.243 e. The van der Waals surface area contributed by atoms with Gasteiger partial charge in [-0.25, -0.2) is 8.42 Å². The Balaban J connectivity index is 1.49. The van der Waals surface area contributed by atoms with E-state index >= 15 is 0 Å². The lowest BCUT2D eigenvalue weighted by Gasteiger charge is -2.30. The Bertz CT molecular complexity index is 782. The van der Waals surface area contributed by atoms with Crippen molar-refractivity contribution in [1.82, 2.24) is 14.9 Å². The summed E-state index contributed by atoms with van der Waals surface area (Å²) in [6.45, 7) is 0.529. The molecule has 9 heteroatoms. The summed E-state index contributed by atoms with van der Waals surface area (Å²) in [5.41, 5.74) is 0. The van der Waals surface area contributed by atoms with Crippen molar-refractivity contribution in [1.29, 1.82) is 0 Å². The molecule has 1 aromatic rings.